The Kier molecular flexibility index (Phi) is 4.14. The molecule has 3 nitrogen and oxygen atoms in total. The van der Waals surface area contributed by atoms with Crippen LogP contribution in [0.25, 0.3) is 0 Å². The Morgan fingerprint density at radius 1 is 1.47 bits per heavy atom. The molecule has 0 saturated carbocycles. The van der Waals surface area contributed by atoms with Crippen LogP contribution in [0.2, 0.25) is 0 Å². The Balaban J connectivity index is 2.48. The third-order valence-corrected chi connectivity index (χ3v) is 2.87. The quantitative estimate of drug-likeness (QED) is 0.754. The summed E-state index contributed by atoms with van der Waals surface area (Å²) in [5.74, 6) is 0.261. The first-order valence-electron chi connectivity index (χ1n) is 5.92. The number of amides is 1. The van der Waals surface area contributed by atoms with Crippen LogP contribution in [0.3, 0.4) is 0 Å². The molecule has 0 radical (unpaired) electrons. The monoisotopic (exact) mass is 212 g/mol. The van der Waals surface area contributed by atoms with Gasteiger partial charge in [0.2, 0.25) is 5.91 Å². The summed E-state index contributed by atoms with van der Waals surface area (Å²) in [6.45, 7) is 11.4. The molecule has 88 valence electrons. The third kappa shape index (κ3) is 4.20. The summed E-state index contributed by atoms with van der Waals surface area (Å²) in [5.41, 5.74) is 0.309. The van der Waals surface area contributed by atoms with E-state index < -0.39 is 0 Å². The van der Waals surface area contributed by atoms with Gasteiger partial charge in [-0.2, -0.15) is 0 Å². The molecule has 1 fully saturated rings. The maximum atomic E-state index is 11.9. The standard InChI is InChI=1S/C12H24N2O/c1-10-11(15)14(8-5-7-13-10)9-6-12(2,3)4/h10,13H,5-9H2,1-4H3. The van der Waals surface area contributed by atoms with Crippen LogP contribution >= 0.6 is 0 Å². The Hall–Kier alpha value is -0.570. The highest BCUT2D eigenvalue weighted by molar-refractivity contribution is 5.81. The Bertz CT molecular complexity index is 220. The van der Waals surface area contributed by atoms with Crippen molar-refractivity contribution in [2.75, 3.05) is 19.6 Å². The molecule has 0 aromatic carbocycles. The van der Waals surface area contributed by atoms with Crippen molar-refractivity contribution >= 4 is 5.91 Å². The fraction of sp³-hybridized carbons (Fsp3) is 0.917. The van der Waals surface area contributed by atoms with Crippen molar-refractivity contribution in [1.29, 1.82) is 0 Å². The average molecular weight is 212 g/mol. The molecular formula is C12H24N2O. The topological polar surface area (TPSA) is 32.3 Å². The molecule has 0 aromatic rings. The summed E-state index contributed by atoms with van der Waals surface area (Å²) in [7, 11) is 0. The second kappa shape index (κ2) is 4.97. The maximum absolute atomic E-state index is 11.9. The lowest BCUT2D eigenvalue weighted by atomic mass is 9.92. The van der Waals surface area contributed by atoms with E-state index in [2.05, 4.69) is 26.1 Å². The number of hydrogen-bond acceptors (Lipinski definition) is 2. The lowest BCUT2D eigenvalue weighted by Crippen LogP contribution is -2.42. The summed E-state index contributed by atoms with van der Waals surface area (Å²) < 4.78 is 0. The molecule has 0 bridgehead atoms. The fourth-order valence-electron chi connectivity index (χ4n) is 1.75. The van der Waals surface area contributed by atoms with E-state index in [4.69, 9.17) is 0 Å². The molecule has 0 spiro atoms. The van der Waals surface area contributed by atoms with E-state index in [9.17, 15) is 4.79 Å². The van der Waals surface area contributed by atoms with Gasteiger partial charge in [0, 0.05) is 13.1 Å². The molecule has 1 N–H and O–H groups in total. The largest absolute Gasteiger partial charge is 0.341 e. The minimum atomic E-state index is -0.00697. The summed E-state index contributed by atoms with van der Waals surface area (Å²) >= 11 is 0. The molecule has 1 atom stereocenters. The van der Waals surface area contributed by atoms with Crippen molar-refractivity contribution < 1.29 is 4.79 Å². The SMILES string of the molecule is CC1NCCCN(CCC(C)(C)C)C1=O. The zero-order valence-corrected chi connectivity index (χ0v) is 10.5. The Morgan fingerprint density at radius 3 is 2.73 bits per heavy atom. The number of carbonyl (C=O) groups excluding carboxylic acids is 1. The summed E-state index contributed by atoms with van der Waals surface area (Å²) in [5, 5.41) is 3.23. The first-order valence-corrected chi connectivity index (χ1v) is 5.92. The van der Waals surface area contributed by atoms with Gasteiger partial charge in [0.05, 0.1) is 6.04 Å². The van der Waals surface area contributed by atoms with Crippen LogP contribution < -0.4 is 5.32 Å². The minimum Gasteiger partial charge on any atom is -0.341 e. The molecule has 1 saturated heterocycles. The first-order chi connectivity index (χ1) is 6.90. The van der Waals surface area contributed by atoms with Gasteiger partial charge in [-0.05, 0) is 31.7 Å². The lowest BCUT2D eigenvalue weighted by Gasteiger charge is -2.27. The summed E-state index contributed by atoms with van der Waals surface area (Å²) in [4.78, 5) is 13.9. The van der Waals surface area contributed by atoms with Gasteiger partial charge in [-0.25, -0.2) is 0 Å². The predicted octanol–water partition coefficient (Wildman–Crippen LogP) is 1.63. The van der Waals surface area contributed by atoms with Crippen LogP contribution in [0, 0.1) is 5.41 Å². The van der Waals surface area contributed by atoms with E-state index in [0.29, 0.717) is 5.41 Å². The normalized spacial score (nSPS) is 24.1. The summed E-state index contributed by atoms with van der Waals surface area (Å²) in [6.07, 6.45) is 2.14. The van der Waals surface area contributed by atoms with Crippen molar-refractivity contribution in [1.82, 2.24) is 10.2 Å². The van der Waals surface area contributed by atoms with E-state index in [1.807, 2.05) is 11.8 Å². The highest BCUT2D eigenvalue weighted by atomic mass is 16.2. The van der Waals surface area contributed by atoms with E-state index in [1.54, 1.807) is 0 Å². The highest BCUT2D eigenvalue weighted by Crippen LogP contribution is 2.19. The third-order valence-electron chi connectivity index (χ3n) is 2.87. The van der Waals surface area contributed by atoms with Crippen LogP contribution in [-0.2, 0) is 4.79 Å². The predicted molar refractivity (Wildman–Crippen MR) is 62.7 cm³/mol. The molecule has 1 aliphatic heterocycles. The molecule has 1 amide bonds. The molecule has 1 unspecified atom stereocenters. The summed E-state index contributed by atoms with van der Waals surface area (Å²) in [6, 6.07) is -0.00697. The van der Waals surface area contributed by atoms with Crippen molar-refractivity contribution in [2.45, 2.75) is 46.6 Å². The average Bonchev–Trinajstić information content (AvgIpc) is 2.27. The van der Waals surface area contributed by atoms with Crippen LogP contribution in [0.5, 0.6) is 0 Å². The van der Waals surface area contributed by atoms with Crippen molar-refractivity contribution in [3.05, 3.63) is 0 Å². The smallest absolute Gasteiger partial charge is 0.239 e. The van der Waals surface area contributed by atoms with Gasteiger partial charge in [0.1, 0.15) is 0 Å². The van der Waals surface area contributed by atoms with Crippen LogP contribution in [0.15, 0.2) is 0 Å². The fourth-order valence-corrected chi connectivity index (χ4v) is 1.75. The van der Waals surface area contributed by atoms with Crippen molar-refractivity contribution in [2.24, 2.45) is 5.41 Å². The maximum Gasteiger partial charge on any atom is 0.239 e. The Morgan fingerprint density at radius 2 is 2.13 bits per heavy atom. The zero-order chi connectivity index (χ0) is 11.5. The molecule has 15 heavy (non-hydrogen) atoms. The number of nitrogens with zero attached hydrogens (tertiary/aromatic N) is 1. The van der Waals surface area contributed by atoms with Gasteiger partial charge in [-0.15, -0.1) is 0 Å². The molecule has 1 aliphatic rings. The second-order valence-electron chi connectivity index (χ2n) is 5.67. The van der Waals surface area contributed by atoms with Crippen LogP contribution in [0.4, 0.5) is 0 Å². The van der Waals surface area contributed by atoms with Crippen molar-refractivity contribution in [3.63, 3.8) is 0 Å². The van der Waals surface area contributed by atoms with Gasteiger partial charge in [-0.3, -0.25) is 4.79 Å². The van der Waals surface area contributed by atoms with Gasteiger partial charge < -0.3 is 10.2 Å². The van der Waals surface area contributed by atoms with E-state index in [-0.39, 0.29) is 11.9 Å². The van der Waals surface area contributed by atoms with Crippen molar-refractivity contribution in [3.8, 4) is 0 Å². The van der Waals surface area contributed by atoms with Crippen LogP contribution in [0.1, 0.15) is 40.5 Å². The lowest BCUT2D eigenvalue weighted by molar-refractivity contribution is -0.132. The molecule has 0 aromatic heterocycles. The second-order valence-corrected chi connectivity index (χ2v) is 5.67. The van der Waals surface area contributed by atoms with Gasteiger partial charge in [-0.1, -0.05) is 20.8 Å². The molecule has 0 aliphatic carbocycles. The molecular weight excluding hydrogens is 188 g/mol. The number of carbonyl (C=O) groups is 1. The molecule has 3 heteroatoms. The van der Waals surface area contributed by atoms with E-state index in [0.717, 1.165) is 32.5 Å². The number of rotatable bonds is 2. The van der Waals surface area contributed by atoms with Gasteiger partial charge in [0.15, 0.2) is 0 Å². The Labute approximate surface area is 93.2 Å². The van der Waals surface area contributed by atoms with Gasteiger partial charge >= 0.3 is 0 Å². The molecule has 1 heterocycles. The number of nitrogens with one attached hydrogen (secondary N) is 1. The zero-order valence-electron chi connectivity index (χ0n) is 10.5. The van der Waals surface area contributed by atoms with E-state index in [1.165, 1.54) is 0 Å². The highest BCUT2D eigenvalue weighted by Gasteiger charge is 2.23. The van der Waals surface area contributed by atoms with E-state index >= 15 is 0 Å². The molecule has 1 rings (SSSR count). The van der Waals surface area contributed by atoms with Gasteiger partial charge in [0.25, 0.3) is 0 Å². The number of hydrogen-bond donors (Lipinski definition) is 1. The van der Waals surface area contributed by atoms with Crippen LogP contribution in [-0.4, -0.2) is 36.5 Å². The minimum absolute atomic E-state index is 0.00697. The first kappa shape index (κ1) is 12.5.